The summed E-state index contributed by atoms with van der Waals surface area (Å²) in [5.41, 5.74) is 0. The summed E-state index contributed by atoms with van der Waals surface area (Å²) in [5.74, 6) is 19.4. The lowest BCUT2D eigenvalue weighted by atomic mass is 10.1. The Balaban J connectivity index is 3.28. The topological polar surface area (TPSA) is 40.5 Å². The molecule has 0 heterocycles. The Bertz CT molecular complexity index is 678. The number of allylic oxidation sites excluding steroid dienone is 2. The van der Waals surface area contributed by atoms with E-state index in [9.17, 15) is 5.11 Å². The summed E-state index contributed by atoms with van der Waals surface area (Å²) < 4.78 is 0. The average Bonchev–Trinajstić information content (AvgIpc) is 2.82. The maximum atomic E-state index is 9.70. The summed E-state index contributed by atoms with van der Waals surface area (Å²) in [5, 5.41) is 18.2. The molecule has 2 nitrogen and oxygen atoms in total. The molecule has 0 aromatic rings. The van der Waals surface area contributed by atoms with Crippen LogP contribution in [0.3, 0.4) is 0 Å². The van der Waals surface area contributed by atoms with Crippen LogP contribution in [0.5, 0.6) is 0 Å². The second-order valence-corrected chi connectivity index (χ2v) is 8.55. The van der Waals surface area contributed by atoms with Crippen molar-refractivity contribution < 1.29 is 10.2 Å². The van der Waals surface area contributed by atoms with Crippen LogP contribution in [0.25, 0.3) is 0 Å². The molecule has 0 aliphatic rings. The van der Waals surface area contributed by atoms with Gasteiger partial charge in [-0.3, -0.25) is 0 Å². The van der Waals surface area contributed by atoms with E-state index in [1.807, 2.05) is 0 Å². The third-order valence-corrected chi connectivity index (χ3v) is 5.51. The van der Waals surface area contributed by atoms with Gasteiger partial charge in [0, 0.05) is 12.8 Å². The lowest BCUT2D eigenvalue weighted by Gasteiger charge is -2.03. The van der Waals surface area contributed by atoms with Crippen LogP contribution >= 0.6 is 0 Å². The highest BCUT2D eigenvalue weighted by atomic mass is 16.3. The van der Waals surface area contributed by atoms with E-state index in [1.54, 1.807) is 6.08 Å². The fraction of sp³-hybridized carbons (Fsp3) is 0.677. The number of unbranched alkanes of at least 4 members (excludes halogenated alkanes) is 16. The predicted molar refractivity (Wildman–Crippen MR) is 142 cm³/mol. The van der Waals surface area contributed by atoms with E-state index in [1.165, 1.54) is 83.5 Å². The number of hydrogen-bond acceptors (Lipinski definition) is 2. The lowest BCUT2D eigenvalue weighted by Crippen LogP contribution is -2.01. The van der Waals surface area contributed by atoms with Gasteiger partial charge in [0.2, 0.25) is 0 Å². The zero-order chi connectivity index (χ0) is 24.1. The average molecular weight is 451 g/mol. The molecule has 1 atom stereocenters. The summed E-state index contributed by atoms with van der Waals surface area (Å²) in [4.78, 5) is 0. The van der Waals surface area contributed by atoms with Gasteiger partial charge in [-0.25, -0.2) is 0 Å². The van der Waals surface area contributed by atoms with Gasteiger partial charge in [0.05, 0.1) is 0 Å². The van der Waals surface area contributed by atoms with E-state index in [4.69, 9.17) is 11.5 Å². The van der Waals surface area contributed by atoms with Gasteiger partial charge in [-0.15, -0.1) is 18.3 Å². The molecule has 0 saturated carbocycles. The Hall–Kier alpha value is -2.10. The Morgan fingerprint density at radius 2 is 1.15 bits per heavy atom. The Kier molecular flexibility index (Phi) is 26.2. The fourth-order valence-corrected chi connectivity index (χ4v) is 3.57. The molecule has 0 aliphatic carbocycles. The molecular formula is C31H46O2. The van der Waals surface area contributed by atoms with E-state index in [2.05, 4.69) is 47.5 Å². The van der Waals surface area contributed by atoms with Crippen molar-refractivity contribution in [3.8, 4) is 47.9 Å². The van der Waals surface area contributed by atoms with Crippen LogP contribution in [0.1, 0.15) is 122 Å². The van der Waals surface area contributed by atoms with Crippen LogP contribution in [-0.4, -0.2) is 22.9 Å². The monoisotopic (exact) mass is 450 g/mol. The zero-order valence-corrected chi connectivity index (χ0v) is 20.8. The third kappa shape index (κ3) is 27.9. The maximum absolute atomic E-state index is 9.70. The molecule has 0 spiro atoms. The second kappa shape index (κ2) is 27.9. The maximum Gasteiger partial charge on any atom is 0.115 e. The third-order valence-electron chi connectivity index (χ3n) is 5.51. The molecule has 0 rings (SSSR count). The van der Waals surface area contributed by atoms with Crippen LogP contribution < -0.4 is 0 Å². The molecule has 0 aromatic carbocycles. The van der Waals surface area contributed by atoms with Gasteiger partial charge >= 0.3 is 0 Å². The standard InChI is InChI=1S/C31H46O2/c1-2-3-4-5-6-7-8-9-10-11-12-13-14-15-16-17-18-19-20-21-22-23-25-28-31(33)29-26-24-27-30-32/h1,3-4,31-33H,5-14,17-23,25,28,30H2/b4-3-/t31-/m0/s1. The molecular weight excluding hydrogens is 404 g/mol. The molecule has 2 N–H and O–H groups in total. The Morgan fingerprint density at radius 3 is 1.70 bits per heavy atom. The number of terminal acetylenes is 1. The number of hydrogen-bond donors (Lipinski definition) is 2. The van der Waals surface area contributed by atoms with Crippen molar-refractivity contribution in [2.24, 2.45) is 0 Å². The fourth-order valence-electron chi connectivity index (χ4n) is 3.57. The van der Waals surface area contributed by atoms with Crippen LogP contribution in [0.15, 0.2) is 12.2 Å². The molecule has 2 heteroatoms. The molecule has 0 amide bonds. The number of rotatable bonds is 19. The molecule has 0 fully saturated rings. The van der Waals surface area contributed by atoms with E-state index in [-0.39, 0.29) is 6.61 Å². The van der Waals surface area contributed by atoms with Crippen LogP contribution in [0.2, 0.25) is 0 Å². The number of aliphatic hydroxyl groups is 2. The highest BCUT2D eigenvalue weighted by molar-refractivity contribution is 5.27. The minimum atomic E-state index is -0.598. The van der Waals surface area contributed by atoms with Gasteiger partial charge in [-0.1, -0.05) is 94.5 Å². The van der Waals surface area contributed by atoms with Gasteiger partial charge in [0.1, 0.15) is 12.7 Å². The Morgan fingerprint density at radius 1 is 0.636 bits per heavy atom. The summed E-state index contributed by atoms with van der Waals surface area (Å²) in [6.45, 7) is -0.188. The van der Waals surface area contributed by atoms with Crippen LogP contribution in [-0.2, 0) is 0 Å². The first kappa shape index (κ1) is 30.9. The summed E-state index contributed by atoms with van der Waals surface area (Å²) >= 11 is 0. The normalized spacial score (nSPS) is 10.9. The van der Waals surface area contributed by atoms with Crippen LogP contribution in [0, 0.1) is 47.9 Å². The molecule has 0 unspecified atom stereocenters. The molecule has 0 bridgehead atoms. The van der Waals surface area contributed by atoms with E-state index in [0.717, 1.165) is 32.1 Å². The highest BCUT2D eigenvalue weighted by Gasteiger charge is 1.98. The quantitative estimate of drug-likeness (QED) is 0.165. The first-order valence-electron chi connectivity index (χ1n) is 13.2. The second-order valence-electron chi connectivity index (χ2n) is 8.55. The van der Waals surface area contributed by atoms with Crippen molar-refractivity contribution >= 4 is 0 Å². The first-order valence-corrected chi connectivity index (χ1v) is 13.2. The van der Waals surface area contributed by atoms with Gasteiger partial charge in [-0.05, 0) is 56.4 Å². The van der Waals surface area contributed by atoms with Crippen molar-refractivity contribution in [1.82, 2.24) is 0 Å². The van der Waals surface area contributed by atoms with Crippen LogP contribution in [0.4, 0.5) is 0 Å². The summed E-state index contributed by atoms with van der Waals surface area (Å²) in [6.07, 6.45) is 31.4. The minimum Gasteiger partial charge on any atom is -0.384 e. The molecule has 0 radical (unpaired) electrons. The van der Waals surface area contributed by atoms with Crippen molar-refractivity contribution in [2.75, 3.05) is 6.61 Å². The molecule has 0 aliphatic heterocycles. The molecule has 33 heavy (non-hydrogen) atoms. The summed E-state index contributed by atoms with van der Waals surface area (Å²) in [7, 11) is 0. The minimum absolute atomic E-state index is 0.188. The summed E-state index contributed by atoms with van der Waals surface area (Å²) in [6, 6.07) is 0. The predicted octanol–water partition coefficient (Wildman–Crippen LogP) is 6.95. The van der Waals surface area contributed by atoms with Gasteiger partial charge in [-0.2, -0.15) is 0 Å². The Labute approximate surface area is 205 Å². The number of aliphatic hydroxyl groups excluding tert-OH is 2. The van der Waals surface area contributed by atoms with E-state index in [0.29, 0.717) is 6.42 Å². The van der Waals surface area contributed by atoms with Gasteiger partial charge in [0.15, 0.2) is 0 Å². The SMILES string of the molecule is C#C/C=C\CCCCCCCCCCC#CCCCCCCCCC[C@H](O)C#CC#CCO. The largest absolute Gasteiger partial charge is 0.384 e. The smallest absolute Gasteiger partial charge is 0.115 e. The van der Waals surface area contributed by atoms with Crippen molar-refractivity contribution in [3.63, 3.8) is 0 Å². The molecule has 182 valence electrons. The van der Waals surface area contributed by atoms with E-state index < -0.39 is 6.10 Å². The highest BCUT2D eigenvalue weighted by Crippen LogP contribution is 2.12. The van der Waals surface area contributed by atoms with E-state index >= 15 is 0 Å². The van der Waals surface area contributed by atoms with Crippen molar-refractivity contribution in [2.45, 2.75) is 128 Å². The van der Waals surface area contributed by atoms with Crippen molar-refractivity contribution in [3.05, 3.63) is 12.2 Å². The molecule has 0 saturated heterocycles. The first-order chi connectivity index (χ1) is 16.3. The van der Waals surface area contributed by atoms with Gasteiger partial charge < -0.3 is 10.2 Å². The van der Waals surface area contributed by atoms with Gasteiger partial charge in [0.25, 0.3) is 0 Å². The zero-order valence-electron chi connectivity index (χ0n) is 20.8. The van der Waals surface area contributed by atoms with Crippen molar-refractivity contribution in [1.29, 1.82) is 0 Å². The lowest BCUT2D eigenvalue weighted by molar-refractivity contribution is 0.217. The molecule has 0 aromatic heterocycles.